The van der Waals surface area contributed by atoms with Gasteiger partial charge in [0.1, 0.15) is 5.69 Å². The van der Waals surface area contributed by atoms with Crippen molar-refractivity contribution in [3.8, 4) is 0 Å². The third kappa shape index (κ3) is 3.62. The molecule has 1 saturated carbocycles. The van der Waals surface area contributed by atoms with Gasteiger partial charge in [-0.25, -0.2) is 0 Å². The maximum absolute atomic E-state index is 12.1. The highest BCUT2D eigenvalue weighted by atomic mass is 35.5. The number of anilines is 2. The minimum atomic E-state index is -0.354. The van der Waals surface area contributed by atoms with Crippen LogP contribution in [0.4, 0.5) is 11.4 Å². The molecule has 112 valence electrons. The first-order chi connectivity index (χ1) is 10.6. The molecule has 2 amide bonds. The van der Waals surface area contributed by atoms with Crippen LogP contribution in [0.1, 0.15) is 23.3 Å². The molecule has 0 unspecified atom stereocenters. The Morgan fingerprint density at radius 2 is 1.82 bits per heavy atom. The molecule has 1 fully saturated rings. The van der Waals surface area contributed by atoms with E-state index in [0.29, 0.717) is 16.4 Å². The lowest BCUT2D eigenvalue weighted by Crippen LogP contribution is -2.15. The summed E-state index contributed by atoms with van der Waals surface area (Å²) in [5, 5.41) is 6.02. The van der Waals surface area contributed by atoms with Gasteiger partial charge in [-0.05, 0) is 43.2 Å². The molecule has 5 nitrogen and oxygen atoms in total. The Labute approximate surface area is 132 Å². The third-order valence-electron chi connectivity index (χ3n) is 3.29. The summed E-state index contributed by atoms with van der Waals surface area (Å²) in [5.74, 6) is -0.193. The van der Waals surface area contributed by atoms with Crippen LogP contribution < -0.4 is 10.6 Å². The first kappa shape index (κ1) is 14.5. The van der Waals surface area contributed by atoms with Crippen LogP contribution in [0.25, 0.3) is 0 Å². The average Bonchev–Trinajstić information content (AvgIpc) is 3.32. The van der Waals surface area contributed by atoms with Crippen molar-refractivity contribution in [2.45, 2.75) is 12.8 Å². The van der Waals surface area contributed by atoms with E-state index in [0.717, 1.165) is 12.8 Å². The molecule has 0 atom stereocenters. The highest BCUT2D eigenvalue weighted by Gasteiger charge is 2.29. The molecular formula is C16H14ClN3O2. The van der Waals surface area contributed by atoms with Crippen molar-refractivity contribution in [1.82, 2.24) is 4.98 Å². The zero-order chi connectivity index (χ0) is 15.5. The summed E-state index contributed by atoms with van der Waals surface area (Å²) in [6.07, 6.45) is 3.37. The van der Waals surface area contributed by atoms with Crippen molar-refractivity contribution in [3.63, 3.8) is 0 Å². The Hall–Kier alpha value is -2.40. The van der Waals surface area contributed by atoms with Gasteiger partial charge in [0.15, 0.2) is 0 Å². The van der Waals surface area contributed by atoms with Gasteiger partial charge in [0.05, 0.1) is 0 Å². The number of carbonyl (C=O) groups excluding carboxylic acids is 2. The van der Waals surface area contributed by atoms with Crippen LogP contribution >= 0.6 is 11.6 Å². The Morgan fingerprint density at radius 1 is 1.09 bits per heavy atom. The lowest BCUT2D eigenvalue weighted by atomic mass is 10.2. The second-order valence-electron chi connectivity index (χ2n) is 5.16. The number of amides is 2. The Kier molecular flexibility index (Phi) is 4.06. The Morgan fingerprint density at radius 3 is 2.50 bits per heavy atom. The number of carbonyl (C=O) groups is 2. The van der Waals surface area contributed by atoms with E-state index in [4.69, 9.17) is 11.6 Å². The van der Waals surface area contributed by atoms with Crippen molar-refractivity contribution < 1.29 is 9.59 Å². The molecule has 1 aliphatic carbocycles. The van der Waals surface area contributed by atoms with Crippen molar-refractivity contribution >= 4 is 34.8 Å². The number of rotatable bonds is 4. The fourth-order valence-corrected chi connectivity index (χ4v) is 2.15. The van der Waals surface area contributed by atoms with Gasteiger partial charge < -0.3 is 10.6 Å². The van der Waals surface area contributed by atoms with Crippen LogP contribution in [-0.2, 0) is 4.79 Å². The van der Waals surface area contributed by atoms with Gasteiger partial charge in [-0.1, -0.05) is 17.7 Å². The number of pyridine rings is 1. The lowest BCUT2D eigenvalue weighted by Gasteiger charge is -2.08. The molecule has 22 heavy (non-hydrogen) atoms. The maximum Gasteiger partial charge on any atom is 0.274 e. The number of hydrogen-bond donors (Lipinski definition) is 2. The second kappa shape index (κ2) is 6.15. The van der Waals surface area contributed by atoms with E-state index in [1.807, 2.05) is 0 Å². The zero-order valence-corrected chi connectivity index (χ0v) is 12.4. The van der Waals surface area contributed by atoms with Crippen LogP contribution in [0.5, 0.6) is 0 Å². The SMILES string of the molecule is O=C(Nc1cccc(NC(=O)C2CC2)c1)c1cc(Cl)ccn1. The summed E-state index contributed by atoms with van der Waals surface area (Å²) in [6, 6.07) is 10.1. The van der Waals surface area contributed by atoms with E-state index in [-0.39, 0.29) is 23.4 Å². The molecule has 6 heteroatoms. The van der Waals surface area contributed by atoms with E-state index >= 15 is 0 Å². The molecule has 1 aromatic carbocycles. The molecular weight excluding hydrogens is 302 g/mol. The van der Waals surface area contributed by atoms with Crippen molar-refractivity contribution in [2.24, 2.45) is 5.92 Å². The van der Waals surface area contributed by atoms with Crippen LogP contribution in [-0.4, -0.2) is 16.8 Å². The topological polar surface area (TPSA) is 71.1 Å². The Bertz CT molecular complexity index is 729. The Balaban J connectivity index is 1.69. The summed E-state index contributed by atoms with van der Waals surface area (Å²) in [7, 11) is 0. The normalized spacial score (nSPS) is 13.5. The van der Waals surface area contributed by atoms with E-state index in [1.54, 1.807) is 30.3 Å². The van der Waals surface area contributed by atoms with Crippen LogP contribution in [0, 0.1) is 5.92 Å². The molecule has 1 heterocycles. The molecule has 0 spiro atoms. The summed E-state index contributed by atoms with van der Waals surface area (Å²) in [6.45, 7) is 0. The van der Waals surface area contributed by atoms with Gasteiger partial charge in [-0.3, -0.25) is 14.6 Å². The lowest BCUT2D eigenvalue weighted by molar-refractivity contribution is -0.117. The van der Waals surface area contributed by atoms with Gasteiger partial charge in [0.25, 0.3) is 5.91 Å². The van der Waals surface area contributed by atoms with Gasteiger partial charge in [-0.15, -0.1) is 0 Å². The zero-order valence-electron chi connectivity index (χ0n) is 11.7. The number of benzene rings is 1. The smallest absolute Gasteiger partial charge is 0.274 e. The second-order valence-corrected chi connectivity index (χ2v) is 5.59. The molecule has 0 bridgehead atoms. The van der Waals surface area contributed by atoms with Gasteiger partial charge in [0, 0.05) is 28.5 Å². The maximum atomic E-state index is 12.1. The summed E-state index contributed by atoms with van der Waals surface area (Å²) >= 11 is 5.84. The highest BCUT2D eigenvalue weighted by molar-refractivity contribution is 6.30. The highest BCUT2D eigenvalue weighted by Crippen LogP contribution is 2.30. The molecule has 2 N–H and O–H groups in total. The molecule has 1 aliphatic rings. The summed E-state index contributed by atoms with van der Waals surface area (Å²) in [4.78, 5) is 27.8. The number of halogens is 1. The third-order valence-corrected chi connectivity index (χ3v) is 3.53. The first-order valence-corrected chi connectivity index (χ1v) is 7.33. The van der Waals surface area contributed by atoms with E-state index in [2.05, 4.69) is 15.6 Å². The van der Waals surface area contributed by atoms with Crippen molar-refractivity contribution in [3.05, 3.63) is 53.3 Å². The molecule has 0 aliphatic heterocycles. The summed E-state index contributed by atoms with van der Waals surface area (Å²) < 4.78 is 0. The summed E-state index contributed by atoms with van der Waals surface area (Å²) in [5.41, 5.74) is 1.48. The minimum absolute atomic E-state index is 0.0278. The van der Waals surface area contributed by atoms with E-state index in [1.165, 1.54) is 12.3 Å². The quantitative estimate of drug-likeness (QED) is 0.909. The minimum Gasteiger partial charge on any atom is -0.326 e. The number of nitrogens with zero attached hydrogens (tertiary/aromatic N) is 1. The number of hydrogen-bond acceptors (Lipinski definition) is 3. The van der Waals surface area contributed by atoms with Crippen molar-refractivity contribution in [2.75, 3.05) is 10.6 Å². The van der Waals surface area contributed by atoms with E-state index < -0.39 is 0 Å². The van der Waals surface area contributed by atoms with Crippen LogP contribution in [0.15, 0.2) is 42.6 Å². The van der Waals surface area contributed by atoms with Crippen LogP contribution in [0.2, 0.25) is 5.02 Å². The molecule has 0 saturated heterocycles. The standard InChI is InChI=1S/C16H14ClN3O2/c17-11-6-7-18-14(8-11)16(22)20-13-3-1-2-12(9-13)19-15(21)10-4-5-10/h1-3,6-10H,4-5H2,(H,19,21)(H,20,22). The molecule has 3 rings (SSSR count). The van der Waals surface area contributed by atoms with Crippen LogP contribution in [0.3, 0.4) is 0 Å². The van der Waals surface area contributed by atoms with Crippen molar-refractivity contribution in [1.29, 1.82) is 0 Å². The molecule has 0 radical (unpaired) electrons. The molecule has 2 aromatic rings. The molecule has 1 aromatic heterocycles. The monoisotopic (exact) mass is 315 g/mol. The number of nitrogens with one attached hydrogen (secondary N) is 2. The van der Waals surface area contributed by atoms with Gasteiger partial charge >= 0.3 is 0 Å². The fraction of sp³-hybridized carbons (Fsp3) is 0.188. The first-order valence-electron chi connectivity index (χ1n) is 6.95. The average molecular weight is 316 g/mol. The largest absolute Gasteiger partial charge is 0.326 e. The predicted molar refractivity (Wildman–Crippen MR) is 85.0 cm³/mol. The number of aromatic nitrogens is 1. The van der Waals surface area contributed by atoms with Gasteiger partial charge in [0.2, 0.25) is 5.91 Å². The predicted octanol–water partition coefficient (Wildman–Crippen LogP) is 3.34. The van der Waals surface area contributed by atoms with Gasteiger partial charge in [-0.2, -0.15) is 0 Å². The van der Waals surface area contributed by atoms with E-state index in [9.17, 15) is 9.59 Å². The fourth-order valence-electron chi connectivity index (χ4n) is 1.99.